The van der Waals surface area contributed by atoms with Crippen LogP contribution in [-0.2, 0) is 9.53 Å². The quantitative estimate of drug-likeness (QED) is 0.648. The van der Waals surface area contributed by atoms with Crippen LogP contribution in [0.2, 0.25) is 0 Å². The van der Waals surface area contributed by atoms with Gasteiger partial charge in [-0.15, -0.1) is 0 Å². The molecule has 0 atom stereocenters. The zero-order valence-corrected chi connectivity index (χ0v) is 12.0. The van der Waals surface area contributed by atoms with Crippen molar-refractivity contribution in [1.29, 1.82) is 0 Å². The molecule has 0 saturated carbocycles. The van der Waals surface area contributed by atoms with Crippen LogP contribution in [0.3, 0.4) is 0 Å². The number of likely N-dealkylation sites (tertiary alicyclic amines) is 1. The first kappa shape index (κ1) is 15.2. The molecule has 0 radical (unpaired) electrons. The summed E-state index contributed by atoms with van der Waals surface area (Å²) in [6, 6.07) is 4.52. The maximum absolute atomic E-state index is 12.0. The standard InChI is InChI=1S/C15H21N3O3/c16-12-7-11(8-13(17)9-12)15(20)21-10-14(19)18-5-3-1-2-4-6-18/h7-9H,1-6,10,16-17H2. The molecule has 0 spiro atoms. The molecule has 0 aromatic heterocycles. The Labute approximate surface area is 124 Å². The van der Waals surface area contributed by atoms with E-state index in [0.29, 0.717) is 11.4 Å². The van der Waals surface area contributed by atoms with Crippen molar-refractivity contribution in [3.63, 3.8) is 0 Å². The molecule has 1 aromatic carbocycles. The Kier molecular flexibility index (Phi) is 5.03. The van der Waals surface area contributed by atoms with Gasteiger partial charge in [-0.1, -0.05) is 12.8 Å². The molecule has 1 fully saturated rings. The molecule has 1 aliphatic heterocycles. The SMILES string of the molecule is Nc1cc(N)cc(C(=O)OCC(=O)N2CCCCCC2)c1. The first-order valence-electron chi connectivity index (χ1n) is 7.17. The second-order valence-corrected chi connectivity index (χ2v) is 5.26. The third kappa shape index (κ3) is 4.37. The molecular weight excluding hydrogens is 270 g/mol. The van der Waals surface area contributed by atoms with Gasteiger partial charge < -0.3 is 21.1 Å². The third-order valence-electron chi connectivity index (χ3n) is 3.50. The van der Waals surface area contributed by atoms with Gasteiger partial charge in [-0.05, 0) is 31.0 Å². The summed E-state index contributed by atoms with van der Waals surface area (Å²) >= 11 is 0. The minimum Gasteiger partial charge on any atom is -0.452 e. The van der Waals surface area contributed by atoms with Gasteiger partial charge in [0, 0.05) is 24.5 Å². The van der Waals surface area contributed by atoms with E-state index in [1.165, 1.54) is 12.1 Å². The fraction of sp³-hybridized carbons (Fsp3) is 0.467. The van der Waals surface area contributed by atoms with E-state index in [-0.39, 0.29) is 18.1 Å². The van der Waals surface area contributed by atoms with Crippen molar-refractivity contribution >= 4 is 23.3 Å². The summed E-state index contributed by atoms with van der Waals surface area (Å²) < 4.78 is 5.05. The van der Waals surface area contributed by atoms with E-state index in [9.17, 15) is 9.59 Å². The lowest BCUT2D eigenvalue weighted by molar-refractivity contribution is -0.134. The summed E-state index contributed by atoms with van der Waals surface area (Å²) in [7, 11) is 0. The fourth-order valence-corrected chi connectivity index (χ4v) is 2.42. The van der Waals surface area contributed by atoms with Crippen LogP contribution < -0.4 is 11.5 Å². The number of anilines is 2. The molecule has 4 N–H and O–H groups in total. The highest BCUT2D eigenvalue weighted by Gasteiger charge is 2.18. The van der Waals surface area contributed by atoms with Gasteiger partial charge in [-0.2, -0.15) is 0 Å². The summed E-state index contributed by atoms with van der Waals surface area (Å²) in [6.07, 6.45) is 4.30. The zero-order valence-electron chi connectivity index (χ0n) is 12.0. The van der Waals surface area contributed by atoms with Gasteiger partial charge in [0.25, 0.3) is 5.91 Å². The van der Waals surface area contributed by atoms with Gasteiger partial charge in [0.05, 0.1) is 5.56 Å². The molecule has 2 rings (SSSR count). The van der Waals surface area contributed by atoms with Gasteiger partial charge in [-0.25, -0.2) is 4.79 Å². The minimum atomic E-state index is -0.586. The average molecular weight is 291 g/mol. The molecule has 1 saturated heterocycles. The molecule has 6 heteroatoms. The number of nitrogens with zero attached hydrogens (tertiary/aromatic N) is 1. The fourth-order valence-electron chi connectivity index (χ4n) is 2.42. The largest absolute Gasteiger partial charge is 0.452 e. The van der Waals surface area contributed by atoms with Crippen molar-refractivity contribution in [2.75, 3.05) is 31.2 Å². The lowest BCUT2D eigenvalue weighted by Gasteiger charge is -2.19. The minimum absolute atomic E-state index is 0.151. The number of amides is 1. The van der Waals surface area contributed by atoms with Crippen LogP contribution in [0.1, 0.15) is 36.0 Å². The van der Waals surface area contributed by atoms with E-state index in [1.807, 2.05) is 0 Å². The van der Waals surface area contributed by atoms with Gasteiger partial charge in [0.2, 0.25) is 0 Å². The Hall–Kier alpha value is -2.24. The Balaban J connectivity index is 1.89. The van der Waals surface area contributed by atoms with E-state index >= 15 is 0 Å². The number of nitrogen functional groups attached to an aromatic ring is 2. The Bertz CT molecular complexity index is 503. The van der Waals surface area contributed by atoms with E-state index < -0.39 is 5.97 Å². The van der Waals surface area contributed by atoms with Crippen LogP contribution in [0.25, 0.3) is 0 Å². The lowest BCUT2D eigenvalue weighted by atomic mass is 10.2. The number of carbonyl (C=O) groups excluding carboxylic acids is 2. The van der Waals surface area contributed by atoms with Crippen molar-refractivity contribution in [2.45, 2.75) is 25.7 Å². The second-order valence-electron chi connectivity index (χ2n) is 5.26. The Morgan fingerprint density at radius 2 is 1.57 bits per heavy atom. The molecule has 0 unspecified atom stereocenters. The van der Waals surface area contributed by atoms with Crippen LogP contribution in [0.5, 0.6) is 0 Å². The first-order chi connectivity index (χ1) is 10.1. The van der Waals surface area contributed by atoms with Crippen LogP contribution in [0.15, 0.2) is 18.2 Å². The topological polar surface area (TPSA) is 98.6 Å². The number of rotatable bonds is 3. The predicted octanol–water partition coefficient (Wildman–Crippen LogP) is 1.41. The van der Waals surface area contributed by atoms with Crippen molar-refractivity contribution in [3.8, 4) is 0 Å². The molecule has 6 nitrogen and oxygen atoms in total. The molecule has 114 valence electrons. The van der Waals surface area contributed by atoms with Crippen molar-refractivity contribution in [3.05, 3.63) is 23.8 Å². The maximum Gasteiger partial charge on any atom is 0.338 e. The van der Waals surface area contributed by atoms with Crippen molar-refractivity contribution < 1.29 is 14.3 Å². The smallest absolute Gasteiger partial charge is 0.338 e. The molecule has 21 heavy (non-hydrogen) atoms. The molecule has 1 heterocycles. The van der Waals surface area contributed by atoms with Crippen LogP contribution in [0, 0.1) is 0 Å². The molecule has 1 amide bonds. The maximum atomic E-state index is 12.0. The molecule has 1 aromatic rings. The highest BCUT2D eigenvalue weighted by Crippen LogP contribution is 2.15. The summed E-state index contributed by atoms with van der Waals surface area (Å²) in [5, 5.41) is 0. The van der Waals surface area contributed by atoms with Crippen molar-refractivity contribution in [2.24, 2.45) is 0 Å². The lowest BCUT2D eigenvalue weighted by Crippen LogP contribution is -2.35. The van der Waals surface area contributed by atoms with Crippen LogP contribution >= 0.6 is 0 Å². The summed E-state index contributed by atoms with van der Waals surface area (Å²) in [5.41, 5.74) is 12.3. The van der Waals surface area contributed by atoms with Gasteiger partial charge in [-0.3, -0.25) is 4.79 Å². The monoisotopic (exact) mass is 291 g/mol. The van der Waals surface area contributed by atoms with Crippen LogP contribution in [-0.4, -0.2) is 36.5 Å². The van der Waals surface area contributed by atoms with Gasteiger partial charge in [0.1, 0.15) is 0 Å². The third-order valence-corrected chi connectivity index (χ3v) is 3.50. The summed E-state index contributed by atoms with van der Waals surface area (Å²) in [4.78, 5) is 25.7. The van der Waals surface area contributed by atoms with E-state index in [0.717, 1.165) is 38.8 Å². The number of hydrogen-bond acceptors (Lipinski definition) is 5. The highest BCUT2D eigenvalue weighted by atomic mass is 16.5. The first-order valence-corrected chi connectivity index (χ1v) is 7.17. The van der Waals surface area contributed by atoms with Gasteiger partial charge in [0.15, 0.2) is 6.61 Å². The van der Waals surface area contributed by atoms with Gasteiger partial charge >= 0.3 is 5.97 Å². The molecular formula is C15H21N3O3. The van der Waals surface area contributed by atoms with E-state index in [1.54, 1.807) is 11.0 Å². The predicted molar refractivity (Wildman–Crippen MR) is 80.6 cm³/mol. The van der Waals surface area contributed by atoms with E-state index in [2.05, 4.69) is 0 Å². The number of carbonyl (C=O) groups is 2. The second kappa shape index (κ2) is 6.97. The van der Waals surface area contributed by atoms with Crippen molar-refractivity contribution in [1.82, 2.24) is 4.90 Å². The molecule has 0 bridgehead atoms. The van der Waals surface area contributed by atoms with E-state index in [4.69, 9.17) is 16.2 Å². The normalized spacial score (nSPS) is 15.3. The zero-order chi connectivity index (χ0) is 15.2. The summed E-state index contributed by atoms with van der Waals surface area (Å²) in [5.74, 6) is -0.737. The number of ether oxygens (including phenoxy) is 1. The average Bonchev–Trinajstić information content (AvgIpc) is 2.72. The number of benzene rings is 1. The molecule has 1 aliphatic rings. The number of nitrogens with two attached hydrogens (primary N) is 2. The highest BCUT2D eigenvalue weighted by molar-refractivity contribution is 5.93. The van der Waals surface area contributed by atoms with Crippen LogP contribution in [0.4, 0.5) is 11.4 Å². The Morgan fingerprint density at radius 1 is 1.00 bits per heavy atom. The number of esters is 1. The molecule has 0 aliphatic carbocycles. The number of hydrogen-bond donors (Lipinski definition) is 2. The Morgan fingerprint density at radius 3 is 2.14 bits per heavy atom. The summed E-state index contributed by atoms with van der Waals surface area (Å²) in [6.45, 7) is 1.23.